The molecule has 0 saturated carbocycles. The molecule has 0 spiro atoms. The number of aliphatic hydroxyl groups is 1. The van der Waals surface area contributed by atoms with Gasteiger partial charge in [0, 0.05) is 16.2 Å². The van der Waals surface area contributed by atoms with E-state index in [1.165, 1.54) is 0 Å². The summed E-state index contributed by atoms with van der Waals surface area (Å²) in [7, 11) is 0. The first kappa shape index (κ1) is 11.5. The Hall–Kier alpha value is -1.59. The van der Waals surface area contributed by atoms with Gasteiger partial charge in [-0.25, -0.2) is 0 Å². The lowest BCUT2D eigenvalue weighted by atomic mass is 10.0. The van der Waals surface area contributed by atoms with Crippen LogP contribution in [0.15, 0.2) is 47.1 Å². The normalized spacial score (nSPS) is 22.4. The van der Waals surface area contributed by atoms with Crippen LogP contribution in [0.1, 0.15) is 16.1 Å². The van der Waals surface area contributed by atoms with Crippen LogP contribution in [0.4, 0.5) is 0 Å². The first-order valence-electron chi connectivity index (χ1n) is 5.55. The van der Waals surface area contributed by atoms with Gasteiger partial charge in [-0.2, -0.15) is 0 Å². The summed E-state index contributed by atoms with van der Waals surface area (Å²) in [6.45, 7) is 0.308. The van der Waals surface area contributed by atoms with Crippen molar-refractivity contribution in [3.05, 3.63) is 58.3 Å². The lowest BCUT2D eigenvalue weighted by Crippen LogP contribution is -2.53. The molecule has 1 aromatic heterocycles. The smallest absolute Gasteiger partial charge is 0.270 e. The van der Waals surface area contributed by atoms with E-state index in [1.807, 2.05) is 12.1 Å². The number of fused-ring (bicyclic) bond motifs is 1. The topological polar surface area (TPSA) is 54.3 Å². The largest absolute Gasteiger partial charge is 0.365 e. The van der Waals surface area contributed by atoms with Crippen molar-refractivity contribution in [1.82, 2.24) is 9.88 Å². The third-order valence-corrected chi connectivity index (χ3v) is 3.63. The molecule has 18 heavy (non-hydrogen) atoms. The molecule has 1 atom stereocenters. The number of halogens is 1. The van der Waals surface area contributed by atoms with Crippen molar-refractivity contribution in [2.75, 3.05) is 0 Å². The minimum absolute atomic E-state index is 0.267. The van der Waals surface area contributed by atoms with Crippen LogP contribution in [0.2, 0.25) is 0 Å². The van der Waals surface area contributed by atoms with Crippen LogP contribution in [0.5, 0.6) is 0 Å². The number of benzene rings is 1. The van der Waals surface area contributed by atoms with Crippen LogP contribution in [0.25, 0.3) is 0 Å². The minimum Gasteiger partial charge on any atom is -0.365 e. The summed E-state index contributed by atoms with van der Waals surface area (Å²) < 4.78 is 2.68. The zero-order chi connectivity index (χ0) is 12.8. The van der Waals surface area contributed by atoms with Crippen molar-refractivity contribution >= 4 is 21.8 Å². The molecule has 1 amide bonds. The van der Waals surface area contributed by atoms with E-state index in [0.717, 1.165) is 4.47 Å². The molecule has 0 aliphatic carbocycles. The fourth-order valence-corrected chi connectivity index (χ4v) is 2.45. The Morgan fingerprint density at radius 2 is 2.00 bits per heavy atom. The van der Waals surface area contributed by atoms with E-state index in [2.05, 4.69) is 21.2 Å². The molecule has 5 heteroatoms. The number of amides is 1. The Morgan fingerprint density at radius 1 is 1.28 bits per heavy atom. The third kappa shape index (κ3) is 1.76. The number of hydrogen-bond acceptors (Lipinski definition) is 2. The Morgan fingerprint density at radius 3 is 2.72 bits per heavy atom. The van der Waals surface area contributed by atoms with Crippen molar-refractivity contribution in [1.29, 1.82) is 0 Å². The van der Waals surface area contributed by atoms with E-state index in [1.54, 1.807) is 35.0 Å². The predicted octanol–water partition coefficient (Wildman–Crippen LogP) is 1.84. The molecule has 2 aromatic rings. The Labute approximate surface area is 112 Å². The summed E-state index contributed by atoms with van der Waals surface area (Å²) in [5, 5.41) is 13.3. The lowest BCUT2D eigenvalue weighted by Gasteiger charge is -2.34. The monoisotopic (exact) mass is 306 g/mol. The second kappa shape index (κ2) is 3.96. The molecule has 4 nitrogen and oxygen atoms in total. The zero-order valence-corrected chi connectivity index (χ0v) is 11.0. The van der Waals surface area contributed by atoms with E-state index in [0.29, 0.717) is 17.8 Å². The fourth-order valence-electron chi connectivity index (χ4n) is 2.19. The maximum absolute atomic E-state index is 11.9. The second-order valence-electron chi connectivity index (χ2n) is 4.34. The molecule has 0 bridgehead atoms. The first-order valence-corrected chi connectivity index (χ1v) is 6.34. The van der Waals surface area contributed by atoms with Gasteiger partial charge < -0.3 is 15.0 Å². The van der Waals surface area contributed by atoms with Crippen molar-refractivity contribution in [3.8, 4) is 0 Å². The van der Waals surface area contributed by atoms with E-state index < -0.39 is 5.72 Å². The number of carbonyl (C=O) groups excluding carboxylic acids is 1. The van der Waals surface area contributed by atoms with Crippen LogP contribution < -0.4 is 5.32 Å². The fraction of sp³-hybridized carbons (Fsp3) is 0.154. The van der Waals surface area contributed by atoms with Gasteiger partial charge in [0.1, 0.15) is 5.69 Å². The number of carbonyl (C=O) groups is 1. The summed E-state index contributed by atoms with van der Waals surface area (Å²) in [6.07, 6.45) is 1.79. The molecule has 1 aliphatic rings. The highest BCUT2D eigenvalue weighted by atomic mass is 79.9. The standard InChI is InChI=1S/C13H11BrN2O2/c14-10-5-3-9(4-6-10)13(18)8-16-7-1-2-11(16)12(17)15-13/h1-7,18H,8H2,(H,15,17). The van der Waals surface area contributed by atoms with Crippen LogP contribution in [-0.2, 0) is 12.3 Å². The van der Waals surface area contributed by atoms with Crippen LogP contribution in [0, 0.1) is 0 Å². The highest BCUT2D eigenvalue weighted by Crippen LogP contribution is 2.26. The van der Waals surface area contributed by atoms with Crippen molar-refractivity contribution in [3.63, 3.8) is 0 Å². The van der Waals surface area contributed by atoms with Gasteiger partial charge >= 0.3 is 0 Å². The van der Waals surface area contributed by atoms with E-state index >= 15 is 0 Å². The van der Waals surface area contributed by atoms with Gasteiger partial charge in [0.2, 0.25) is 0 Å². The Balaban J connectivity index is 2.02. The molecule has 1 unspecified atom stereocenters. The Kier molecular flexibility index (Phi) is 2.53. The van der Waals surface area contributed by atoms with Crippen LogP contribution in [0.3, 0.4) is 0 Å². The van der Waals surface area contributed by atoms with Crippen LogP contribution >= 0.6 is 15.9 Å². The zero-order valence-electron chi connectivity index (χ0n) is 9.43. The molecule has 92 valence electrons. The first-order chi connectivity index (χ1) is 8.58. The summed E-state index contributed by atoms with van der Waals surface area (Å²) >= 11 is 3.34. The summed E-state index contributed by atoms with van der Waals surface area (Å²) in [5.74, 6) is -0.267. The molecular formula is C13H11BrN2O2. The summed E-state index contributed by atoms with van der Waals surface area (Å²) in [4.78, 5) is 11.9. The van der Waals surface area contributed by atoms with Gasteiger partial charge in [-0.1, -0.05) is 28.1 Å². The molecule has 0 saturated heterocycles. The molecule has 1 aromatic carbocycles. The molecular weight excluding hydrogens is 296 g/mol. The van der Waals surface area contributed by atoms with Crippen molar-refractivity contribution in [2.24, 2.45) is 0 Å². The van der Waals surface area contributed by atoms with Crippen LogP contribution in [-0.4, -0.2) is 15.6 Å². The van der Waals surface area contributed by atoms with Gasteiger partial charge in [-0.15, -0.1) is 0 Å². The van der Waals surface area contributed by atoms with Crippen molar-refractivity contribution in [2.45, 2.75) is 12.3 Å². The molecule has 0 radical (unpaired) electrons. The Bertz CT molecular complexity index is 606. The van der Waals surface area contributed by atoms with Gasteiger partial charge in [0.05, 0.1) is 6.54 Å². The van der Waals surface area contributed by atoms with Gasteiger partial charge in [0.25, 0.3) is 5.91 Å². The number of aromatic nitrogens is 1. The predicted molar refractivity (Wildman–Crippen MR) is 69.9 cm³/mol. The summed E-state index contributed by atoms with van der Waals surface area (Å²) in [6, 6.07) is 10.8. The van der Waals surface area contributed by atoms with E-state index in [-0.39, 0.29) is 5.91 Å². The number of nitrogens with one attached hydrogen (secondary N) is 1. The van der Waals surface area contributed by atoms with Gasteiger partial charge in [0.15, 0.2) is 5.72 Å². The van der Waals surface area contributed by atoms with Gasteiger partial charge in [-0.3, -0.25) is 4.79 Å². The minimum atomic E-state index is -1.36. The lowest BCUT2D eigenvalue weighted by molar-refractivity contribution is -0.0199. The highest BCUT2D eigenvalue weighted by Gasteiger charge is 2.37. The quantitative estimate of drug-likeness (QED) is 0.844. The molecule has 3 rings (SSSR count). The average Bonchev–Trinajstić information content (AvgIpc) is 2.77. The molecule has 2 N–H and O–H groups in total. The van der Waals surface area contributed by atoms with E-state index in [9.17, 15) is 9.90 Å². The summed E-state index contributed by atoms with van der Waals surface area (Å²) in [5.41, 5.74) is -0.126. The van der Waals surface area contributed by atoms with Gasteiger partial charge in [-0.05, 0) is 24.3 Å². The number of rotatable bonds is 1. The molecule has 2 heterocycles. The SMILES string of the molecule is O=C1NC(O)(c2ccc(Br)cc2)Cn2cccc21. The molecule has 1 aliphatic heterocycles. The average molecular weight is 307 g/mol. The second-order valence-corrected chi connectivity index (χ2v) is 5.26. The maximum atomic E-state index is 11.9. The molecule has 0 fully saturated rings. The van der Waals surface area contributed by atoms with Crippen molar-refractivity contribution < 1.29 is 9.90 Å². The van der Waals surface area contributed by atoms with E-state index in [4.69, 9.17) is 0 Å². The third-order valence-electron chi connectivity index (χ3n) is 3.10. The highest BCUT2D eigenvalue weighted by molar-refractivity contribution is 9.10. The number of nitrogens with zero attached hydrogens (tertiary/aromatic N) is 1. The number of hydrogen-bond donors (Lipinski definition) is 2. The maximum Gasteiger partial charge on any atom is 0.270 e.